The zero-order valence-corrected chi connectivity index (χ0v) is 20.5. The van der Waals surface area contributed by atoms with Crippen molar-refractivity contribution in [2.45, 2.75) is 157 Å². The Kier molecular flexibility index (Phi) is 7.79. The van der Waals surface area contributed by atoms with E-state index >= 15 is 0 Å². The Morgan fingerprint density at radius 3 is 1.73 bits per heavy atom. The molecule has 5 rings (SSSR count). The molecule has 0 radical (unpaired) electrons. The summed E-state index contributed by atoms with van der Waals surface area (Å²) in [6, 6.07) is 1.64. The lowest BCUT2D eigenvalue weighted by molar-refractivity contribution is 0.191. The molecule has 5 fully saturated rings. The van der Waals surface area contributed by atoms with Crippen LogP contribution in [0.15, 0.2) is 0 Å². The van der Waals surface area contributed by atoms with Crippen LogP contribution in [-0.4, -0.2) is 24.0 Å². The maximum absolute atomic E-state index is 5.50. The van der Waals surface area contributed by atoms with Crippen molar-refractivity contribution in [1.29, 1.82) is 0 Å². The summed E-state index contributed by atoms with van der Waals surface area (Å²) >= 11 is 5.50. The van der Waals surface area contributed by atoms with Crippen molar-refractivity contribution in [2.75, 3.05) is 0 Å². The predicted octanol–water partition coefficient (Wildman–Crippen LogP) is 7.93. The Balaban J connectivity index is 1.51. The summed E-state index contributed by atoms with van der Waals surface area (Å²) in [4.78, 5) is 0. The summed E-state index contributed by atoms with van der Waals surface area (Å²) in [5.41, 5.74) is 0. The van der Waals surface area contributed by atoms with Crippen molar-refractivity contribution < 1.29 is 0 Å². The zero-order valence-electron chi connectivity index (χ0n) is 19.6. The summed E-state index contributed by atoms with van der Waals surface area (Å²) in [7, 11) is 0. The quantitative estimate of drug-likeness (QED) is 0.294. The lowest BCUT2D eigenvalue weighted by Crippen LogP contribution is -2.64. The Morgan fingerprint density at radius 2 is 1.00 bits per heavy atom. The van der Waals surface area contributed by atoms with Gasteiger partial charge in [0.1, 0.15) is 0 Å². The largest absolute Gasteiger partial charge is 0.312 e. The minimum absolute atomic E-state index is 0.685. The van der Waals surface area contributed by atoms with Crippen LogP contribution in [0.5, 0.6) is 0 Å². The van der Waals surface area contributed by atoms with E-state index in [1.807, 2.05) is 0 Å². The third kappa shape index (κ3) is 4.55. The van der Waals surface area contributed by atoms with E-state index in [0.29, 0.717) is 5.25 Å². The first kappa shape index (κ1) is 22.2. The van der Waals surface area contributed by atoms with E-state index < -0.39 is 0 Å². The average Bonchev–Trinajstić information content (AvgIpc) is 2.93. The molecule has 0 aromatic carbocycles. The molecular formula is C27H48BNS. The highest BCUT2D eigenvalue weighted by molar-refractivity contribution is 7.81. The molecule has 0 bridgehead atoms. The van der Waals surface area contributed by atoms with Crippen molar-refractivity contribution in [1.82, 2.24) is 5.32 Å². The second-order valence-electron chi connectivity index (χ2n) is 12.0. The number of hydrogen-bond donors (Lipinski definition) is 2. The maximum atomic E-state index is 5.50. The smallest absolute Gasteiger partial charge is 0.153 e. The second-order valence-corrected chi connectivity index (χ2v) is 12.6. The molecule has 8 unspecified atom stereocenters. The van der Waals surface area contributed by atoms with E-state index in [1.165, 1.54) is 122 Å². The van der Waals surface area contributed by atoms with Gasteiger partial charge in [0.05, 0.1) is 0 Å². The van der Waals surface area contributed by atoms with Gasteiger partial charge >= 0.3 is 0 Å². The van der Waals surface area contributed by atoms with Gasteiger partial charge in [0, 0.05) is 17.3 Å². The van der Waals surface area contributed by atoms with Crippen LogP contribution < -0.4 is 5.32 Å². The lowest BCUT2D eigenvalue weighted by atomic mass is 9.18. The third-order valence-electron chi connectivity index (χ3n) is 10.4. The number of fused-ring (bicyclic) bond motifs is 4. The minimum Gasteiger partial charge on any atom is -0.312 e. The fourth-order valence-electron chi connectivity index (χ4n) is 9.21. The van der Waals surface area contributed by atoms with E-state index in [4.69, 9.17) is 12.6 Å². The summed E-state index contributed by atoms with van der Waals surface area (Å²) in [5, 5.41) is 5.06. The molecule has 170 valence electrons. The maximum Gasteiger partial charge on any atom is 0.153 e. The van der Waals surface area contributed by atoms with Gasteiger partial charge in [0.25, 0.3) is 0 Å². The highest BCUT2D eigenvalue weighted by Crippen LogP contribution is 2.60. The molecule has 5 aliphatic rings. The summed E-state index contributed by atoms with van der Waals surface area (Å²) in [6.45, 7) is 1.02. The van der Waals surface area contributed by atoms with Gasteiger partial charge in [-0.1, -0.05) is 102 Å². The fourth-order valence-corrected chi connectivity index (χ4v) is 9.93. The number of hydrogen-bond acceptors (Lipinski definition) is 2. The fraction of sp³-hybridized carbons (Fsp3) is 1.00. The number of rotatable bonds is 0. The van der Waals surface area contributed by atoms with E-state index in [1.54, 1.807) is 0 Å². The van der Waals surface area contributed by atoms with Gasteiger partial charge in [0.15, 0.2) is 6.71 Å². The minimum atomic E-state index is 0.685. The summed E-state index contributed by atoms with van der Waals surface area (Å²) < 4.78 is 0. The van der Waals surface area contributed by atoms with E-state index in [9.17, 15) is 0 Å². The highest BCUT2D eigenvalue weighted by Gasteiger charge is 2.58. The Hall–Kier alpha value is 0.375. The lowest BCUT2D eigenvalue weighted by Gasteiger charge is -2.59. The topological polar surface area (TPSA) is 12.0 Å². The van der Waals surface area contributed by atoms with Crippen LogP contribution >= 0.6 is 12.6 Å². The molecule has 0 aromatic rings. The first-order valence-corrected chi connectivity index (χ1v) is 14.8. The van der Waals surface area contributed by atoms with Crippen LogP contribution in [0.3, 0.4) is 0 Å². The monoisotopic (exact) mass is 429 g/mol. The van der Waals surface area contributed by atoms with Gasteiger partial charge < -0.3 is 5.32 Å². The Labute approximate surface area is 193 Å². The van der Waals surface area contributed by atoms with E-state index in [-0.39, 0.29) is 0 Å². The van der Waals surface area contributed by atoms with E-state index in [0.717, 1.165) is 48.1 Å². The molecule has 0 aromatic heterocycles. The first-order chi connectivity index (χ1) is 14.8. The molecule has 1 nitrogen and oxygen atoms in total. The zero-order chi connectivity index (χ0) is 20.3. The third-order valence-corrected chi connectivity index (χ3v) is 11.2. The van der Waals surface area contributed by atoms with Gasteiger partial charge in [-0.2, -0.15) is 12.6 Å². The van der Waals surface area contributed by atoms with Crippen molar-refractivity contribution in [3.05, 3.63) is 0 Å². The summed E-state index contributed by atoms with van der Waals surface area (Å²) in [5.74, 6) is 4.72. The normalized spacial score (nSPS) is 46.1. The molecule has 0 spiro atoms. The number of nitrogens with one attached hydrogen (secondary N) is 1. The van der Waals surface area contributed by atoms with E-state index in [2.05, 4.69) is 5.32 Å². The number of thiol groups is 1. The van der Waals surface area contributed by atoms with Crippen molar-refractivity contribution in [2.24, 2.45) is 11.8 Å². The van der Waals surface area contributed by atoms with Crippen molar-refractivity contribution >= 4 is 19.3 Å². The van der Waals surface area contributed by atoms with Gasteiger partial charge in [-0.15, -0.1) is 0 Å². The predicted molar refractivity (Wildman–Crippen MR) is 135 cm³/mol. The Morgan fingerprint density at radius 1 is 0.500 bits per heavy atom. The first-order valence-electron chi connectivity index (χ1n) is 14.3. The molecular weight excluding hydrogens is 381 g/mol. The molecule has 1 N–H and O–H groups in total. The van der Waals surface area contributed by atoms with Gasteiger partial charge in [-0.25, -0.2) is 0 Å². The second kappa shape index (κ2) is 10.5. The Bertz CT molecular complexity index is 541. The van der Waals surface area contributed by atoms with Gasteiger partial charge in [0.2, 0.25) is 0 Å². The SMILES string of the molecule is SC1C2CCCCCCCC2B2C3CCCCCCCC3NC3CCCCCC1C23. The standard InChI is InChI=1S/C27H48BNS/c30-27-20-14-8-3-1-4-10-16-22(20)28-23-17-11-5-2-6-12-18-24(23)29-25-19-13-7-9-15-21(27)26(25)28/h20-27,29-30H,1-19H2. The molecule has 30 heavy (non-hydrogen) atoms. The molecule has 2 heterocycles. The van der Waals surface area contributed by atoms with Crippen molar-refractivity contribution in [3.8, 4) is 0 Å². The van der Waals surface area contributed by atoms with Crippen molar-refractivity contribution in [3.63, 3.8) is 0 Å². The van der Waals surface area contributed by atoms with Crippen LogP contribution in [0.4, 0.5) is 0 Å². The van der Waals surface area contributed by atoms with Crippen LogP contribution in [0.25, 0.3) is 0 Å². The molecule has 2 saturated heterocycles. The van der Waals surface area contributed by atoms with Gasteiger partial charge in [-0.05, 0) is 49.2 Å². The van der Waals surface area contributed by atoms with Crippen LogP contribution in [0, 0.1) is 11.8 Å². The molecule has 2 aliphatic heterocycles. The molecule has 0 amide bonds. The van der Waals surface area contributed by atoms with Crippen LogP contribution in [0.1, 0.15) is 122 Å². The molecule has 3 aliphatic carbocycles. The van der Waals surface area contributed by atoms with Gasteiger partial charge in [-0.3, -0.25) is 0 Å². The molecule has 3 heteroatoms. The highest BCUT2D eigenvalue weighted by atomic mass is 32.1. The van der Waals surface area contributed by atoms with Crippen LogP contribution in [0.2, 0.25) is 17.5 Å². The molecule has 3 saturated carbocycles. The van der Waals surface area contributed by atoms with Crippen LogP contribution in [-0.2, 0) is 0 Å². The summed E-state index contributed by atoms with van der Waals surface area (Å²) in [6.07, 6.45) is 28.3. The average molecular weight is 430 g/mol. The molecule has 8 atom stereocenters.